The minimum Gasteiger partial charge on any atom is -0.381 e. The van der Waals surface area contributed by atoms with Gasteiger partial charge in [0.05, 0.1) is 0 Å². The van der Waals surface area contributed by atoms with E-state index in [0.29, 0.717) is 5.82 Å². The van der Waals surface area contributed by atoms with Crippen LogP contribution in [0.15, 0.2) is 34.9 Å². The molecule has 0 aliphatic carbocycles. The molecule has 16 heavy (non-hydrogen) atoms. The van der Waals surface area contributed by atoms with E-state index in [0.717, 1.165) is 17.2 Å². The largest absolute Gasteiger partial charge is 0.381 e. The Balaban J connectivity index is 1.86. The summed E-state index contributed by atoms with van der Waals surface area (Å²) >= 11 is 2.00. The molecule has 0 spiro atoms. The normalized spacial score (nSPS) is 16.0. The van der Waals surface area contributed by atoms with Gasteiger partial charge in [0.1, 0.15) is 0 Å². The van der Waals surface area contributed by atoms with E-state index < -0.39 is 0 Å². The smallest absolute Gasteiger partial charge is 0.169 e. The fraction of sp³-hybridized carbons (Fsp3) is 0.250. The number of anilines is 1. The van der Waals surface area contributed by atoms with Gasteiger partial charge in [-0.3, -0.25) is 0 Å². The predicted molar refractivity (Wildman–Crippen MR) is 66.4 cm³/mol. The van der Waals surface area contributed by atoms with Crippen LogP contribution in [-0.2, 0) is 0 Å². The molecule has 2 heterocycles. The maximum atomic E-state index is 5.52. The number of hydrogen-bond donors (Lipinski definition) is 1. The van der Waals surface area contributed by atoms with Gasteiger partial charge in [0.2, 0.25) is 0 Å². The molecule has 0 unspecified atom stereocenters. The third-order valence-corrected chi connectivity index (χ3v) is 4.11. The Hall–Kier alpha value is -1.42. The van der Waals surface area contributed by atoms with Crippen LogP contribution in [0.25, 0.3) is 11.3 Å². The van der Waals surface area contributed by atoms with Crippen molar-refractivity contribution in [3.05, 3.63) is 35.9 Å². The van der Waals surface area contributed by atoms with Crippen LogP contribution in [0.1, 0.15) is 11.5 Å². The number of hydrogen-bond acceptors (Lipinski definition) is 4. The Morgan fingerprint density at radius 3 is 2.50 bits per heavy atom. The monoisotopic (exact) mass is 232 g/mol. The van der Waals surface area contributed by atoms with Gasteiger partial charge >= 0.3 is 0 Å². The van der Waals surface area contributed by atoms with Gasteiger partial charge in [-0.2, -0.15) is 11.8 Å². The van der Waals surface area contributed by atoms with Crippen LogP contribution < -0.4 is 5.73 Å². The third-order valence-electron chi connectivity index (χ3n) is 2.83. The molecule has 2 aromatic rings. The van der Waals surface area contributed by atoms with E-state index in [1.54, 1.807) is 6.07 Å². The van der Waals surface area contributed by atoms with Crippen LogP contribution in [0.2, 0.25) is 0 Å². The summed E-state index contributed by atoms with van der Waals surface area (Å²) in [6, 6.07) is 10.2. The first kappa shape index (κ1) is 9.78. The molecule has 3 nitrogen and oxygen atoms in total. The Morgan fingerprint density at radius 2 is 2.00 bits per heavy atom. The molecule has 0 atom stereocenters. The highest BCUT2D eigenvalue weighted by atomic mass is 32.2. The predicted octanol–water partition coefficient (Wildman–Crippen LogP) is 2.75. The minimum absolute atomic E-state index is 0.425. The van der Waals surface area contributed by atoms with E-state index in [9.17, 15) is 0 Å². The summed E-state index contributed by atoms with van der Waals surface area (Å²) in [5.74, 6) is 4.38. The molecule has 1 fully saturated rings. The summed E-state index contributed by atoms with van der Waals surface area (Å²) in [4.78, 5) is 0. The summed E-state index contributed by atoms with van der Waals surface area (Å²) in [5.41, 5.74) is 7.96. The lowest BCUT2D eigenvalue weighted by molar-refractivity contribution is 0.436. The van der Waals surface area contributed by atoms with Crippen LogP contribution >= 0.6 is 11.8 Å². The quantitative estimate of drug-likeness (QED) is 0.865. The second kappa shape index (κ2) is 3.87. The lowest BCUT2D eigenvalue weighted by atomic mass is 10.0. The van der Waals surface area contributed by atoms with Crippen molar-refractivity contribution in [2.24, 2.45) is 0 Å². The molecule has 82 valence electrons. The average Bonchev–Trinajstić information content (AvgIpc) is 2.63. The van der Waals surface area contributed by atoms with Crippen molar-refractivity contribution in [1.29, 1.82) is 0 Å². The van der Waals surface area contributed by atoms with E-state index in [2.05, 4.69) is 29.4 Å². The number of nitrogens with zero attached hydrogens (tertiary/aromatic N) is 1. The van der Waals surface area contributed by atoms with Crippen LogP contribution in [-0.4, -0.2) is 16.7 Å². The summed E-state index contributed by atoms with van der Waals surface area (Å²) in [6.45, 7) is 0. The summed E-state index contributed by atoms with van der Waals surface area (Å²) < 4.78 is 5.11. The topological polar surface area (TPSA) is 52.0 Å². The van der Waals surface area contributed by atoms with Gasteiger partial charge in [-0.1, -0.05) is 29.4 Å². The molecule has 1 aromatic carbocycles. The number of benzene rings is 1. The van der Waals surface area contributed by atoms with Gasteiger partial charge in [-0.25, -0.2) is 0 Å². The fourth-order valence-corrected chi connectivity index (χ4v) is 2.63. The van der Waals surface area contributed by atoms with E-state index >= 15 is 0 Å². The summed E-state index contributed by atoms with van der Waals surface area (Å²) in [7, 11) is 0. The van der Waals surface area contributed by atoms with Crippen molar-refractivity contribution in [2.45, 2.75) is 5.92 Å². The van der Waals surface area contributed by atoms with E-state index in [1.807, 2.05) is 11.8 Å². The SMILES string of the molecule is Nc1cc(-c2ccc(C3CSC3)cc2)on1. The molecule has 2 N–H and O–H groups in total. The zero-order chi connectivity index (χ0) is 11.0. The van der Waals surface area contributed by atoms with Gasteiger partial charge in [0.15, 0.2) is 11.6 Å². The molecular weight excluding hydrogens is 220 g/mol. The second-order valence-electron chi connectivity index (χ2n) is 3.97. The Kier molecular flexibility index (Phi) is 2.36. The molecule has 1 aliphatic heterocycles. The minimum atomic E-state index is 0.425. The molecule has 1 aliphatic rings. The van der Waals surface area contributed by atoms with Gasteiger partial charge in [-0.15, -0.1) is 0 Å². The molecule has 0 radical (unpaired) electrons. The first-order chi connectivity index (χ1) is 7.83. The summed E-state index contributed by atoms with van der Waals surface area (Å²) in [5, 5.41) is 3.68. The van der Waals surface area contributed by atoms with Crippen molar-refractivity contribution in [3.8, 4) is 11.3 Å². The standard InChI is InChI=1S/C12H12N2OS/c13-12-5-11(15-14-12)9-3-1-8(2-4-9)10-6-16-7-10/h1-5,10H,6-7H2,(H2,13,14). The highest BCUT2D eigenvalue weighted by Gasteiger charge is 2.19. The highest BCUT2D eigenvalue weighted by Crippen LogP contribution is 2.34. The van der Waals surface area contributed by atoms with Crippen molar-refractivity contribution in [3.63, 3.8) is 0 Å². The number of rotatable bonds is 2. The molecule has 1 aromatic heterocycles. The van der Waals surface area contributed by atoms with Crippen molar-refractivity contribution in [1.82, 2.24) is 5.16 Å². The third kappa shape index (κ3) is 1.69. The van der Waals surface area contributed by atoms with Gasteiger partial charge in [0.25, 0.3) is 0 Å². The van der Waals surface area contributed by atoms with Gasteiger partial charge < -0.3 is 10.3 Å². The molecular formula is C12H12N2OS. The molecule has 0 saturated carbocycles. The Morgan fingerprint density at radius 1 is 1.25 bits per heavy atom. The number of aromatic nitrogens is 1. The molecule has 4 heteroatoms. The molecule has 0 bridgehead atoms. The maximum Gasteiger partial charge on any atom is 0.169 e. The van der Waals surface area contributed by atoms with Crippen LogP contribution in [0, 0.1) is 0 Å². The molecule has 1 saturated heterocycles. The van der Waals surface area contributed by atoms with Crippen LogP contribution in [0.4, 0.5) is 5.82 Å². The second-order valence-corrected chi connectivity index (χ2v) is 5.05. The number of thioether (sulfide) groups is 1. The maximum absolute atomic E-state index is 5.52. The highest BCUT2D eigenvalue weighted by molar-refractivity contribution is 8.00. The van der Waals surface area contributed by atoms with E-state index in [-0.39, 0.29) is 0 Å². The number of nitrogen functional groups attached to an aromatic ring is 1. The molecule has 3 rings (SSSR count). The van der Waals surface area contributed by atoms with Crippen LogP contribution in [0.5, 0.6) is 0 Å². The fourth-order valence-electron chi connectivity index (χ4n) is 1.77. The van der Waals surface area contributed by atoms with Crippen molar-refractivity contribution < 1.29 is 4.52 Å². The van der Waals surface area contributed by atoms with Crippen molar-refractivity contribution >= 4 is 17.6 Å². The zero-order valence-electron chi connectivity index (χ0n) is 8.72. The lowest BCUT2D eigenvalue weighted by Crippen LogP contribution is -2.14. The Labute approximate surface area is 98.0 Å². The number of nitrogens with two attached hydrogens (primary N) is 1. The Bertz CT molecular complexity index is 488. The van der Waals surface area contributed by atoms with E-state index in [1.165, 1.54) is 17.1 Å². The van der Waals surface area contributed by atoms with Gasteiger partial charge in [0, 0.05) is 29.1 Å². The average molecular weight is 232 g/mol. The summed E-state index contributed by atoms with van der Waals surface area (Å²) in [6.07, 6.45) is 0. The zero-order valence-corrected chi connectivity index (χ0v) is 9.54. The van der Waals surface area contributed by atoms with E-state index in [4.69, 9.17) is 10.3 Å². The first-order valence-corrected chi connectivity index (χ1v) is 6.38. The first-order valence-electron chi connectivity index (χ1n) is 5.23. The van der Waals surface area contributed by atoms with Crippen LogP contribution in [0.3, 0.4) is 0 Å². The lowest BCUT2D eigenvalue weighted by Gasteiger charge is -2.25. The van der Waals surface area contributed by atoms with Crippen molar-refractivity contribution in [2.75, 3.05) is 17.2 Å². The molecule has 0 amide bonds. The van der Waals surface area contributed by atoms with Gasteiger partial charge in [-0.05, 0) is 5.56 Å².